The maximum Gasteiger partial charge on any atom is 0.485 e. The summed E-state index contributed by atoms with van der Waals surface area (Å²) in [6, 6.07) is 4.69. The number of halogens is 3. The van der Waals surface area contributed by atoms with E-state index >= 15 is 0 Å². The lowest BCUT2D eigenvalue weighted by atomic mass is 10.3. The Morgan fingerprint density at radius 1 is 1.21 bits per heavy atom. The fourth-order valence-electron chi connectivity index (χ4n) is 0.851. The lowest BCUT2D eigenvalue weighted by Gasteiger charge is -2.08. The van der Waals surface area contributed by atoms with Gasteiger partial charge in [0.15, 0.2) is 20.8 Å². The molecule has 110 valence electrons. The van der Waals surface area contributed by atoms with Gasteiger partial charge in [-0.05, 0) is 6.07 Å². The van der Waals surface area contributed by atoms with Gasteiger partial charge in [-0.3, -0.25) is 0 Å². The number of benzene rings is 1. The number of rotatable bonds is 1. The van der Waals surface area contributed by atoms with Crippen molar-refractivity contribution in [3.8, 4) is 11.5 Å². The van der Waals surface area contributed by atoms with Crippen molar-refractivity contribution in [2.45, 2.75) is 10.4 Å². The van der Waals surface area contributed by atoms with Gasteiger partial charge in [-0.1, -0.05) is 0 Å². The maximum absolute atomic E-state index is 10.7. The highest BCUT2D eigenvalue weighted by atomic mass is 32.2. The molecule has 5 nitrogen and oxygen atoms in total. The zero-order valence-electron chi connectivity index (χ0n) is 9.80. The Hall–Kier alpha value is -1.13. The minimum Gasteiger partial charge on any atom is -0.741 e. The molecule has 0 radical (unpaired) electrons. The second kappa shape index (κ2) is 6.35. The van der Waals surface area contributed by atoms with Gasteiger partial charge in [-0.15, -0.1) is 0 Å². The molecule has 2 N–H and O–H groups in total. The summed E-state index contributed by atoms with van der Waals surface area (Å²) in [7, 11) is -6.05. The van der Waals surface area contributed by atoms with Crippen LogP contribution in [0, 0.1) is 0 Å². The molecule has 0 aliphatic carbocycles. The van der Waals surface area contributed by atoms with Crippen LogP contribution in [0.15, 0.2) is 23.1 Å². The summed E-state index contributed by atoms with van der Waals surface area (Å²) in [4.78, 5) is 0.891. The van der Waals surface area contributed by atoms with Crippen LogP contribution in [0.4, 0.5) is 13.2 Å². The molecule has 10 heteroatoms. The third-order valence-corrected chi connectivity index (χ3v) is 3.46. The lowest BCUT2D eigenvalue weighted by molar-refractivity contribution is -0.0517. The standard InChI is InChI=1S/C8H10O2S.CHF3O3S/c1-11(2)8-4-3-6(9)5-7(8)10;2-1(3,4)8(5,6)7/h3-5H,1-2H3,(H-,9,10);(H,5,6,7). The van der Waals surface area contributed by atoms with Crippen molar-refractivity contribution in [3.63, 3.8) is 0 Å². The highest BCUT2D eigenvalue weighted by Crippen LogP contribution is 2.26. The molecular formula is C9H11F3O5S2. The molecule has 0 spiro atoms. The maximum atomic E-state index is 10.7. The number of phenols is 2. The first-order valence-corrected chi connectivity index (χ1v) is 7.93. The van der Waals surface area contributed by atoms with E-state index in [0.717, 1.165) is 4.90 Å². The van der Waals surface area contributed by atoms with E-state index in [1.165, 1.54) is 6.07 Å². The van der Waals surface area contributed by atoms with Crippen molar-refractivity contribution in [1.29, 1.82) is 0 Å². The number of hydrogen-bond acceptors (Lipinski definition) is 5. The number of phenolic OH excluding ortho intramolecular Hbond substituents is 2. The van der Waals surface area contributed by atoms with Crippen LogP contribution in [0.1, 0.15) is 0 Å². The van der Waals surface area contributed by atoms with E-state index in [1.807, 2.05) is 12.5 Å². The van der Waals surface area contributed by atoms with E-state index in [9.17, 15) is 18.3 Å². The summed E-state index contributed by atoms with van der Waals surface area (Å²) in [5.41, 5.74) is -5.65. The molecule has 0 aliphatic heterocycles. The molecule has 1 aromatic rings. The Kier molecular flexibility index (Phi) is 5.97. The van der Waals surface area contributed by atoms with Gasteiger partial charge in [0.25, 0.3) is 0 Å². The Morgan fingerprint density at radius 3 is 1.89 bits per heavy atom. The first-order chi connectivity index (χ1) is 8.36. The summed E-state index contributed by atoms with van der Waals surface area (Å²) in [5.74, 6) is 0.287. The molecule has 19 heavy (non-hydrogen) atoms. The van der Waals surface area contributed by atoms with Gasteiger partial charge in [0.05, 0.1) is 0 Å². The van der Waals surface area contributed by atoms with Crippen LogP contribution in [-0.4, -0.2) is 41.2 Å². The van der Waals surface area contributed by atoms with Gasteiger partial charge in [-0.2, -0.15) is 13.2 Å². The summed E-state index contributed by atoms with van der Waals surface area (Å²) < 4.78 is 58.9. The van der Waals surface area contributed by atoms with Crippen LogP contribution in [-0.2, 0) is 21.0 Å². The first kappa shape index (κ1) is 17.9. The third-order valence-electron chi connectivity index (χ3n) is 1.67. The van der Waals surface area contributed by atoms with Crippen LogP contribution in [0.5, 0.6) is 11.5 Å². The van der Waals surface area contributed by atoms with Crippen molar-refractivity contribution in [2.24, 2.45) is 0 Å². The zero-order valence-corrected chi connectivity index (χ0v) is 11.4. The molecule has 0 aliphatic rings. The predicted octanol–water partition coefficient (Wildman–Crippen LogP) is 1.39. The third kappa shape index (κ3) is 6.03. The fourth-order valence-corrected chi connectivity index (χ4v) is 1.67. The van der Waals surface area contributed by atoms with E-state index < -0.39 is 15.6 Å². The van der Waals surface area contributed by atoms with Crippen LogP contribution < -0.4 is 0 Å². The Labute approximate surface area is 110 Å². The van der Waals surface area contributed by atoms with Gasteiger partial charge >= 0.3 is 5.51 Å². The van der Waals surface area contributed by atoms with Crippen LogP contribution in [0.2, 0.25) is 0 Å². The fraction of sp³-hybridized carbons (Fsp3) is 0.333. The quantitative estimate of drug-likeness (QED) is 0.463. The van der Waals surface area contributed by atoms with E-state index in [4.69, 9.17) is 18.1 Å². The average Bonchev–Trinajstić information content (AvgIpc) is 2.13. The molecular weight excluding hydrogens is 309 g/mol. The number of alkyl halides is 3. The molecule has 0 saturated carbocycles. The largest absolute Gasteiger partial charge is 0.741 e. The normalized spacial score (nSPS) is 11.9. The second-order valence-electron chi connectivity index (χ2n) is 3.37. The predicted molar refractivity (Wildman–Crippen MR) is 63.0 cm³/mol. The van der Waals surface area contributed by atoms with Gasteiger partial charge in [-0.25, -0.2) is 8.42 Å². The summed E-state index contributed by atoms with van der Waals surface area (Å²) in [6.45, 7) is 0. The van der Waals surface area contributed by atoms with Gasteiger partial charge in [0.1, 0.15) is 18.3 Å². The monoisotopic (exact) mass is 320 g/mol. The molecule has 0 aromatic heterocycles. The molecule has 0 fully saturated rings. The van der Waals surface area contributed by atoms with E-state index in [0.29, 0.717) is 0 Å². The van der Waals surface area contributed by atoms with Crippen LogP contribution in [0.25, 0.3) is 0 Å². The Morgan fingerprint density at radius 2 is 1.63 bits per heavy atom. The lowest BCUT2D eigenvalue weighted by Crippen LogP contribution is -2.21. The second-order valence-corrected chi connectivity index (χ2v) is 6.81. The van der Waals surface area contributed by atoms with Crippen LogP contribution in [0.3, 0.4) is 0 Å². The van der Waals surface area contributed by atoms with E-state index in [1.54, 1.807) is 12.1 Å². The van der Waals surface area contributed by atoms with E-state index in [-0.39, 0.29) is 22.4 Å². The molecule has 0 unspecified atom stereocenters. The molecule has 0 amide bonds. The summed E-state index contributed by atoms with van der Waals surface area (Å²) >= 11 is 0. The average molecular weight is 320 g/mol. The Balaban J connectivity index is 0.000000362. The highest BCUT2D eigenvalue weighted by Gasteiger charge is 2.36. The first-order valence-electron chi connectivity index (χ1n) is 4.48. The molecule has 1 rings (SSSR count). The minimum atomic E-state index is -6.09. The van der Waals surface area contributed by atoms with Crippen LogP contribution >= 0.6 is 0 Å². The molecule has 0 saturated heterocycles. The van der Waals surface area contributed by atoms with Gasteiger partial charge in [0.2, 0.25) is 0 Å². The molecule has 1 aromatic carbocycles. The highest BCUT2D eigenvalue weighted by molar-refractivity contribution is 7.95. The van der Waals surface area contributed by atoms with Crippen molar-refractivity contribution in [3.05, 3.63) is 18.2 Å². The zero-order chi connectivity index (χ0) is 15.4. The molecule has 0 bridgehead atoms. The van der Waals surface area contributed by atoms with Crippen molar-refractivity contribution in [1.82, 2.24) is 0 Å². The van der Waals surface area contributed by atoms with Gasteiger partial charge < -0.3 is 14.8 Å². The number of hydrogen-bond donors (Lipinski definition) is 2. The minimum absolute atomic E-state index is 0.0401. The smallest absolute Gasteiger partial charge is 0.485 e. The summed E-state index contributed by atoms with van der Waals surface area (Å²) in [5, 5.41) is 18.3. The van der Waals surface area contributed by atoms with Crippen molar-refractivity contribution in [2.75, 3.05) is 12.5 Å². The van der Waals surface area contributed by atoms with Crippen molar-refractivity contribution >= 4 is 21.0 Å². The number of aromatic hydroxyl groups is 2. The molecule has 0 atom stereocenters. The van der Waals surface area contributed by atoms with E-state index in [2.05, 4.69) is 0 Å². The Bertz CT molecular complexity index is 525. The SMILES string of the molecule is C[S+](C)c1ccc(O)cc1O.O=S(=O)([O-])C(F)(F)F. The van der Waals surface area contributed by atoms with Gasteiger partial charge in [0, 0.05) is 23.0 Å². The molecule has 0 heterocycles. The van der Waals surface area contributed by atoms with Crippen molar-refractivity contribution < 1.29 is 36.4 Å². The summed E-state index contributed by atoms with van der Waals surface area (Å²) in [6.07, 6.45) is 4.04. The topological polar surface area (TPSA) is 97.7 Å².